The number of pyridine rings is 1. The van der Waals surface area contributed by atoms with Gasteiger partial charge in [-0.25, -0.2) is 4.98 Å². The monoisotopic (exact) mass is 322 g/mol. The number of ether oxygens (including phenoxy) is 2. The van der Waals surface area contributed by atoms with Crippen LogP contribution in [0, 0.1) is 5.92 Å². The average molecular weight is 322 g/mol. The van der Waals surface area contributed by atoms with Gasteiger partial charge in [0.25, 0.3) is 5.91 Å². The molecule has 0 saturated heterocycles. The zero-order valence-electron chi connectivity index (χ0n) is 15.0. The Morgan fingerprint density at radius 1 is 1.26 bits per heavy atom. The second-order valence-corrected chi connectivity index (χ2v) is 6.36. The van der Waals surface area contributed by atoms with Crippen LogP contribution in [-0.4, -0.2) is 29.7 Å². The van der Waals surface area contributed by atoms with Gasteiger partial charge in [-0.2, -0.15) is 0 Å². The van der Waals surface area contributed by atoms with Gasteiger partial charge in [0, 0.05) is 12.7 Å². The second-order valence-electron chi connectivity index (χ2n) is 6.36. The molecule has 0 aliphatic heterocycles. The van der Waals surface area contributed by atoms with Crippen LogP contribution >= 0.6 is 0 Å². The summed E-state index contributed by atoms with van der Waals surface area (Å²) in [5.41, 5.74) is -0.185. The first-order chi connectivity index (χ1) is 10.9. The quantitative estimate of drug-likeness (QED) is 0.706. The summed E-state index contributed by atoms with van der Waals surface area (Å²) >= 11 is 0. The molecule has 0 aliphatic rings. The number of anilines is 1. The molecule has 5 heteroatoms. The molecule has 1 amide bonds. The van der Waals surface area contributed by atoms with E-state index in [2.05, 4.69) is 24.1 Å². The van der Waals surface area contributed by atoms with Crippen molar-refractivity contribution in [1.29, 1.82) is 0 Å². The summed E-state index contributed by atoms with van der Waals surface area (Å²) in [5.74, 6) is 0.797. The molecule has 1 N–H and O–H groups in total. The highest BCUT2D eigenvalue weighted by molar-refractivity contribution is 5.96. The zero-order chi connectivity index (χ0) is 17.3. The van der Waals surface area contributed by atoms with Crippen molar-refractivity contribution < 1.29 is 14.3 Å². The molecule has 23 heavy (non-hydrogen) atoms. The molecular formula is C18H30N2O3. The fraction of sp³-hybridized carbons (Fsp3) is 0.667. The minimum absolute atomic E-state index is 0.135. The standard InChI is InChI=1S/C18H30N2O3/c1-6-10-22-16-9-8-15(13-19-16)20-17(21)18(5,12-14(3)4)23-11-7-2/h8-9,13-14H,6-7,10-12H2,1-5H3,(H,20,21)/t18-/m0/s1. The molecule has 0 spiro atoms. The topological polar surface area (TPSA) is 60.5 Å². The molecule has 0 aromatic carbocycles. The molecule has 130 valence electrons. The van der Waals surface area contributed by atoms with Gasteiger partial charge in [-0.05, 0) is 38.2 Å². The lowest BCUT2D eigenvalue weighted by molar-refractivity contribution is -0.141. The van der Waals surface area contributed by atoms with Crippen molar-refractivity contribution in [2.24, 2.45) is 5.92 Å². The molecule has 1 heterocycles. The molecule has 1 aromatic rings. The molecule has 0 bridgehead atoms. The lowest BCUT2D eigenvalue weighted by Gasteiger charge is -2.30. The molecular weight excluding hydrogens is 292 g/mol. The highest BCUT2D eigenvalue weighted by Crippen LogP contribution is 2.24. The van der Waals surface area contributed by atoms with Crippen molar-refractivity contribution in [3.05, 3.63) is 18.3 Å². The fourth-order valence-corrected chi connectivity index (χ4v) is 2.33. The molecule has 0 radical (unpaired) electrons. The number of rotatable bonds is 10. The Morgan fingerprint density at radius 2 is 1.96 bits per heavy atom. The smallest absolute Gasteiger partial charge is 0.256 e. The van der Waals surface area contributed by atoms with Crippen LogP contribution in [0.3, 0.4) is 0 Å². The van der Waals surface area contributed by atoms with Crippen molar-refractivity contribution in [3.8, 4) is 5.88 Å². The van der Waals surface area contributed by atoms with Crippen LogP contribution in [0.25, 0.3) is 0 Å². The van der Waals surface area contributed by atoms with Crippen LogP contribution < -0.4 is 10.1 Å². The second kappa shape index (κ2) is 9.50. The van der Waals surface area contributed by atoms with E-state index in [4.69, 9.17) is 9.47 Å². The molecule has 5 nitrogen and oxygen atoms in total. The summed E-state index contributed by atoms with van der Waals surface area (Å²) in [6, 6.07) is 3.56. The van der Waals surface area contributed by atoms with Crippen LogP contribution in [0.2, 0.25) is 0 Å². The van der Waals surface area contributed by atoms with Crippen molar-refractivity contribution in [2.75, 3.05) is 18.5 Å². The van der Waals surface area contributed by atoms with Crippen molar-refractivity contribution >= 4 is 11.6 Å². The van der Waals surface area contributed by atoms with Crippen molar-refractivity contribution in [2.45, 2.75) is 59.5 Å². The molecule has 1 atom stereocenters. The van der Waals surface area contributed by atoms with Gasteiger partial charge in [-0.3, -0.25) is 4.79 Å². The lowest BCUT2D eigenvalue weighted by atomic mass is 9.93. The van der Waals surface area contributed by atoms with Crippen LogP contribution in [0.15, 0.2) is 18.3 Å². The summed E-state index contributed by atoms with van der Waals surface area (Å²) in [7, 11) is 0. The highest BCUT2D eigenvalue weighted by atomic mass is 16.5. The summed E-state index contributed by atoms with van der Waals surface area (Å²) in [5, 5.41) is 2.90. The largest absolute Gasteiger partial charge is 0.478 e. The number of hydrogen-bond acceptors (Lipinski definition) is 4. The van der Waals surface area contributed by atoms with Gasteiger partial charge in [0.15, 0.2) is 0 Å². The van der Waals surface area contributed by atoms with Gasteiger partial charge in [0.05, 0.1) is 18.5 Å². The molecule has 0 aliphatic carbocycles. The van der Waals surface area contributed by atoms with E-state index in [1.165, 1.54) is 0 Å². The maximum atomic E-state index is 12.6. The lowest BCUT2D eigenvalue weighted by Crippen LogP contribution is -2.44. The van der Waals surface area contributed by atoms with Gasteiger partial charge in [-0.15, -0.1) is 0 Å². The average Bonchev–Trinajstić information content (AvgIpc) is 2.51. The van der Waals surface area contributed by atoms with E-state index in [1.807, 2.05) is 20.8 Å². The Balaban J connectivity index is 2.73. The van der Waals surface area contributed by atoms with Crippen LogP contribution in [-0.2, 0) is 9.53 Å². The first-order valence-electron chi connectivity index (χ1n) is 8.45. The van der Waals surface area contributed by atoms with E-state index in [0.29, 0.717) is 37.1 Å². The minimum Gasteiger partial charge on any atom is -0.478 e. The predicted molar refractivity (Wildman–Crippen MR) is 92.8 cm³/mol. The third-order valence-corrected chi connectivity index (χ3v) is 3.35. The Morgan fingerprint density at radius 3 is 2.48 bits per heavy atom. The van der Waals surface area contributed by atoms with Crippen LogP contribution in [0.4, 0.5) is 5.69 Å². The maximum Gasteiger partial charge on any atom is 0.256 e. The summed E-state index contributed by atoms with van der Waals surface area (Å²) in [6.07, 6.45) is 4.09. The van der Waals surface area contributed by atoms with Gasteiger partial charge in [0.1, 0.15) is 5.60 Å². The van der Waals surface area contributed by atoms with E-state index >= 15 is 0 Å². The fourth-order valence-electron chi connectivity index (χ4n) is 2.33. The van der Waals surface area contributed by atoms with Crippen molar-refractivity contribution in [3.63, 3.8) is 0 Å². The molecule has 0 unspecified atom stereocenters. The van der Waals surface area contributed by atoms with Crippen LogP contribution in [0.5, 0.6) is 5.88 Å². The third-order valence-electron chi connectivity index (χ3n) is 3.35. The highest BCUT2D eigenvalue weighted by Gasteiger charge is 2.34. The Kier molecular flexibility index (Phi) is 8.03. The van der Waals surface area contributed by atoms with E-state index in [9.17, 15) is 4.79 Å². The number of aromatic nitrogens is 1. The number of nitrogens with zero attached hydrogens (tertiary/aromatic N) is 1. The van der Waals surface area contributed by atoms with Gasteiger partial charge < -0.3 is 14.8 Å². The Bertz CT molecular complexity index is 474. The summed E-state index contributed by atoms with van der Waals surface area (Å²) in [6.45, 7) is 11.3. The molecule has 0 fully saturated rings. The molecule has 1 rings (SSSR count). The first-order valence-corrected chi connectivity index (χ1v) is 8.45. The zero-order valence-corrected chi connectivity index (χ0v) is 15.0. The summed E-state index contributed by atoms with van der Waals surface area (Å²) in [4.78, 5) is 16.8. The number of carbonyl (C=O) groups excluding carboxylic acids is 1. The van der Waals surface area contributed by atoms with E-state index < -0.39 is 5.60 Å². The number of carbonyl (C=O) groups is 1. The normalized spacial score (nSPS) is 13.7. The SMILES string of the molecule is CCCOc1ccc(NC(=O)[C@](C)(CC(C)C)OCCC)cn1. The van der Waals surface area contributed by atoms with E-state index in [-0.39, 0.29) is 5.91 Å². The van der Waals surface area contributed by atoms with Gasteiger partial charge in [-0.1, -0.05) is 27.7 Å². The molecule has 0 saturated carbocycles. The Hall–Kier alpha value is -1.62. The third kappa shape index (κ3) is 6.57. The van der Waals surface area contributed by atoms with Gasteiger partial charge >= 0.3 is 0 Å². The van der Waals surface area contributed by atoms with E-state index in [0.717, 1.165) is 12.8 Å². The summed E-state index contributed by atoms with van der Waals surface area (Å²) < 4.78 is 11.3. The number of amides is 1. The molecule has 1 aromatic heterocycles. The Labute approximate surface area is 139 Å². The predicted octanol–water partition coefficient (Wildman–Crippen LogP) is 4.04. The maximum absolute atomic E-state index is 12.6. The van der Waals surface area contributed by atoms with Gasteiger partial charge in [0.2, 0.25) is 5.88 Å². The van der Waals surface area contributed by atoms with Crippen LogP contribution in [0.1, 0.15) is 53.9 Å². The number of hydrogen-bond donors (Lipinski definition) is 1. The van der Waals surface area contributed by atoms with E-state index in [1.54, 1.807) is 18.3 Å². The minimum atomic E-state index is -0.832. The number of nitrogens with one attached hydrogen (secondary N) is 1. The first kappa shape index (κ1) is 19.4. The van der Waals surface area contributed by atoms with Crippen molar-refractivity contribution in [1.82, 2.24) is 4.98 Å².